The second-order valence-electron chi connectivity index (χ2n) is 5.85. The lowest BCUT2D eigenvalue weighted by atomic mass is 9.81. The van der Waals surface area contributed by atoms with Crippen molar-refractivity contribution in [3.8, 4) is 0 Å². The quantitative estimate of drug-likeness (QED) is 0.767. The monoisotopic (exact) mass is 283 g/mol. The van der Waals surface area contributed by atoms with Crippen molar-refractivity contribution in [1.82, 2.24) is 10.2 Å². The van der Waals surface area contributed by atoms with Crippen molar-refractivity contribution in [2.24, 2.45) is 17.1 Å². The Balaban J connectivity index is 2.41. The predicted octanol–water partition coefficient (Wildman–Crippen LogP) is 1.13. The van der Waals surface area contributed by atoms with Gasteiger partial charge in [-0.25, -0.2) is 0 Å². The van der Waals surface area contributed by atoms with E-state index in [1.807, 2.05) is 18.7 Å². The van der Waals surface area contributed by atoms with E-state index in [1.54, 1.807) is 6.92 Å². The highest BCUT2D eigenvalue weighted by molar-refractivity contribution is 5.82. The van der Waals surface area contributed by atoms with Crippen LogP contribution in [0, 0.1) is 11.3 Å². The molecule has 0 bridgehead atoms. The molecule has 1 heterocycles. The standard InChI is InChI=1S/C15H29N3O2/c1-4-15(5-2,11-16)14(20)17-10-13-6-8-18(9-7-13)12(3)19/h13H,4-11,16H2,1-3H3,(H,17,20). The van der Waals surface area contributed by atoms with E-state index in [0.29, 0.717) is 19.0 Å². The van der Waals surface area contributed by atoms with Crippen molar-refractivity contribution in [3.05, 3.63) is 0 Å². The molecule has 3 N–H and O–H groups in total. The number of hydrogen-bond acceptors (Lipinski definition) is 3. The molecular formula is C15H29N3O2. The van der Waals surface area contributed by atoms with Crippen LogP contribution in [-0.2, 0) is 9.59 Å². The van der Waals surface area contributed by atoms with Crippen LogP contribution in [0.15, 0.2) is 0 Å². The number of nitrogens with two attached hydrogens (primary N) is 1. The summed E-state index contributed by atoms with van der Waals surface area (Å²) in [5.74, 6) is 0.698. The van der Waals surface area contributed by atoms with Gasteiger partial charge in [0.25, 0.3) is 0 Å². The number of rotatable bonds is 6. The zero-order valence-electron chi connectivity index (χ0n) is 13.1. The summed E-state index contributed by atoms with van der Waals surface area (Å²) in [4.78, 5) is 25.5. The Morgan fingerprint density at radius 1 is 1.25 bits per heavy atom. The molecule has 0 atom stereocenters. The molecule has 0 aliphatic carbocycles. The van der Waals surface area contributed by atoms with Crippen LogP contribution < -0.4 is 11.1 Å². The smallest absolute Gasteiger partial charge is 0.227 e. The summed E-state index contributed by atoms with van der Waals surface area (Å²) in [6, 6.07) is 0. The van der Waals surface area contributed by atoms with Crippen molar-refractivity contribution in [3.63, 3.8) is 0 Å². The molecule has 20 heavy (non-hydrogen) atoms. The normalized spacial score (nSPS) is 17.1. The van der Waals surface area contributed by atoms with Crippen molar-refractivity contribution < 1.29 is 9.59 Å². The number of carbonyl (C=O) groups is 2. The Morgan fingerprint density at radius 3 is 2.20 bits per heavy atom. The molecule has 1 fully saturated rings. The maximum Gasteiger partial charge on any atom is 0.227 e. The number of likely N-dealkylation sites (tertiary alicyclic amines) is 1. The van der Waals surface area contributed by atoms with Crippen molar-refractivity contribution in [1.29, 1.82) is 0 Å². The molecule has 0 unspecified atom stereocenters. The highest BCUT2D eigenvalue weighted by atomic mass is 16.2. The Labute approximate surface area is 122 Å². The van der Waals surface area contributed by atoms with Gasteiger partial charge in [0.15, 0.2) is 0 Å². The van der Waals surface area contributed by atoms with Crippen LogP contribution in [-0.4, -0.2) is 42.9 Å². The molecule has 1 rings (SSSR count). The minimum absolute atomic E-state index is 0.0824. The van der Waals surface area contributed by atoms with Crippen LogP contribution in [0.2, 0.25) is 0 Å². The summed E-state index contributed by atoms with van der Waals surface area (Å²) < 4.78 is 0. The van der Waals surface area contributed by atoms with Crippen LogP contribution in [0.1, 0.15) is 46.5 Å². The average molecular weight is 283 g/mol. The second-order valence-corrected chi connectivity index (χ2v) is 5.85. The number of nitrogens with zero attached hydrogens (tertiary/aromatic N) is 1. The fourth-order valence-corrected chi connectivity index (χ4v) is 2.83. The van der Waals surface area contributed by atoms with Crippen LogP contribution in [0.4, 0.5) is 0 Å². The highest BCUT2D eigenvalue weighted by Crippen LogP contribution is 2.25. The van der Waals surface area contributed by atoms with E-state index < -0.39 is 5.41 Å². The number of piperidine rings is 1. The molecule has 0 spiro atoms. The Kier molecular flexibility index (Phi) is 6.46. The van der Waals surface area contributed by atoms with E-state index in [2.05, 4.69) is 5.32 Å². The van der Waals surface area contributed by atoms with Crippen LogP contribution in [0.5, 0.6) is 0 Å². The first-order chi connectivity index (χ1) is 9.49. The summed E-state index contributed by atoms with van der Waals surface area (Å²) in [7, 11) is 0. The second kappa shape index (κ2) is 7.62. The first-order valence-corrected chi connectivity index (χ1v) is 7.73. The first kappa shape index (κ1) is 17.0. The SMILES string of the molecule is CCC(CC)(CN)C(=O)NCC1CCN(C(C)=O)CC1. The summed E-state index contributed by atoms with van der Waals surface area (Å²) >= 11 is 0. The topological polar surface area (TPSA) is 75.4 Å². The van der Waals surface area contributed by atoms with Crippen LogP contribution in [0.3, 0.4) is 0 Å². The summed E-state index contributed by atoms with van der Waals surface area (Å²) in [5.41, 5.74) is 5.37. The first-order valence-electron chi connectivity index (χ1n) is 7.73. The van der Waals surface area contributed by atoms with Gasteiger partial charge in [-0.3, -0.25) is 9.59 Å². The van der Waals surface area contributed by atoms with Crippen molar-refractivity contribution in [2.45, 2.75) is 46.5 Å². The van der Waals surface area contributed by atoms with Gasteiger partial charge >= 0.3 is 0 Å². The summed E-state index contributed by atoms with van der Waals surface area (Å²) in [6.07, 6.45) is 3.48. The third-order valence-corrected chi connectivity index (χ3v) is 4.84. The molecule has 1 saturated heterocycles. The van der Waals surface area contributed by atoms with Gasteiger partial charge in [0, 0.05) is 33.1 Å². The molecule has 0 saturated carbocycles. The van der Waals surface area contributed by atoms with Gasteiger partial charge in [-0.2, -0.15) is 0 Å². The molecule has 0 aromatic heterocycles. The van der Waals surface area contributed by atoms with E-state index >= 15 is 0 Å². The van der Waals surface area contributed by atoms with Gasteiger partial charge in [-0.15, -0.1) is 0 Å². The number of carbonyl (C=O) groups excluding carboxylic acids is 2. The molecule has 116 valence electrons. The van der Waals surface area contributed by atoms with E-state index in [9.17, 15) is 9.59 Å². The molecule has 1 aliphatic heterocycles. The van der Waals surface area contributed by atoms with Gasteiger partial charge in [0.1, 0.15) is 0 Å². The van der Waals surface area contributed by atoms with Gasteiger partial charge in [-0.05, 0) is 31.6 Å². The van der Waals surface area contributed by atoms with Gasteiger partial charge in [0.05, 0.1) is 5.41 Å². The zero-order valence-corrected chi connectivity index (χ0v) is 13.1. The van der Waals surface area contributed by atoms with E-state index in [1.165, 1.54) is 0 Å². The lowest BCUT2D eigenvalue weighted by Gasteiger charge is -2.33. The van der Waals surface area contributed by atoms with Gasteiger partial charge in [-0.1, -0.05) is 13.8 Å². The lowest BCUT2D eigenvalue weighted by molar-refractivity contribution is -0.132. The minimum atomic E-state index is -0.417. The molecular weight excluding hydrogens is 254 g/mol. The molecule has 0 aromatic carbocycles. The maximum atomic E-state index is 12.3. The molecule has 2 amide bonds. The van der Waals surface area contributed by atoms with Crippen LogP contribution >= 0.6 is 0 Å². The Bertz CT molecular complexity index is 324. The minimum Gasteiger partial charge on any atom is -0.355 e. The number of hydrogen-bond donors (Lipinski definition) is 2. The summed E-state index contributed by atoms with van der Waals surface area (Å²) in [6.45, 7) is 8.35. The molecule has 0 aromatic rings. The molecule has 0 radical (unpaired) electrons. The van der Waals surface area contributed by atoms with Crippen LogP contribution in [0.25, 0.3) is 0 Å². The van der Waals surface area contributed by atoms with E-state index in [-0.39, 0.29) is 11.8 Å². The average Bonchev–Trinajstić information content (AvgIpc) is 2.48. The van der Waals surface area contributed by atoms with E-state index in [0.717, 1.165) is 38.8 Å². The molecule has 5 heteroatoms. The third-order valence-electron chi connectivity index (χ3n) is 4.84. The zero-order chi connectivity index (χ0) is 15.2. The number of nitrogens with one attached hydrogen (secondary N) is 1. The highest BCUT2D eigenvalue weighted by Gasteiger charge is 2.33. The Hall–Kier alpha value is -1.10. The maximum absolute atomic E-state index is 12.3. The van der Waals surface area contributed by atoms with Crippen molar-refractivity contribution in [2.75, 3.05) is 26.2 Å². The lowest BCUT2D eigenvalue weighted by Crippen LogP contribution is -2.47. The third kappa shape index (κ3) is 3.95. The van der Waals surface area contributed by atoms with Gasteiger partial charge < -0.3 is 16.0 Å². The van der Waals surface area contributed by atoms with Crippen molar-refractivity contribution >= 4 is 11.8 Å². The number of amides is 2. The Morgan fingerprint density at radius 2 is 1.80 bits per heavy atom. The fourth-order valence-electron chi connectivity index (χ4n) is 2.83. The summed E-state index contributed by atoms with van der Waals surface area (Å²) in [5, 5.41) is 3.07. The molecule has 5 nitrogen and oxygen atoms in total. The fraction of sp³-hybridized carbons (Fsp3) is 0.867. The predicted molar refractivity (Wildman–Crippen MR) is 80.1 cm³/mol. The molecule has 1 aliphatic rings. The van der Waals surface area contributed by atoms with E-state index in [4.69, 9.17) is 5.73 Å². The van der Waals surface area contributed by atoms with Gasteiger partial charge in [0.2, 0.25) is 11.8 Å². The largest absolute Gasteiger partial charge is 0.355 e.